The second-order valence-corrected chi connectivity index (χ2v) is 16.8. The van der Waals surface area contributed by atoms with E-state index >= 15 is 0 Å². The van der Waals surface area contributed by atoms with Gasteiger partial charge in [0.1, 0.15) is 17.6 Å². The van der Waals surface area contributed by atoms with Crippen LogP contribution in [0, 0.1) is 11.3 Å². The fraction of sp³-hybridized carbons (Fsp3) is 0.618. The smallest absolute Gasteiger partial charge is 0.407 e. The Hall–Kier alpha value is -4.34. The lowest BCUT2D eigenvalue weighted by molar-refractivity contribution is -0.142. The van der Waals surface area contributed by atoms with Crippen LogP contribution in [0.3, 0.4) is 0 Å². The first-order valence-electron chi connectivity index (χ1n) is 17.4. The van der Waals surface area contributed by atoms with Crippen molar-refractivity contribution in [2.75, 3.05) is 13.2 Å². The Kier molecular flexibility index (Phi) is 9.76. The highest BCUT2D eigenvalue weighted by atomic mass is 32.2. The molecule has 2 aliphatic carbocycles. The average molecular weight is 711 g/mol. The van der Waals surface area contributed by atoms with Gasteiger partial charge in [-0.2, -0.15) is 4.80 Å². The summed E-state index contributed by atoms with van der Waals surface area (Å²) in [6.07, 6.45) is 7.39. The second-order valence-electron chi connectivity index (χ2n) is 14.9. The molecule has 3 heterocycles. The summed E-state index contributed by atoms with van der Waals surface area (Å²) in [6, 6.07) is 4.98. The van der Waals surface area contributed by atoms with E-state index < -0.39 is 68.2 Å². The number of nitrogens with one attached hydrogen (secondary N) is 3. The number of hydrogen-bond acceptors (Lipinski definition) is 10. The Morgan fingerprint density at radius 2 is 1.94 bits per heavy atom. The predicted octanol–water partition coefficient (Wildman–Crippen LogP) is 2.71. The zero-order chi connectivity index (χ0) is 35.8. The summed E-state index contributed by atoms with van der Waals surface area (Å²) in [7, 11) is -3.85. The van der Waals surface area contributed by atoms with E-state index in [1.54, 1.807) is 20.8 Å². The Labute approximate surface area is 292 Å². The molecule has 15 nitrogen and oxygen atoms in total. The van der Waals surface area contributed by atoms with Gasteiger partial charge in [-0.05, 0) is 66.7 Å². The molecule has 1 saturated heterocycles. The molecule has 6 bridgehead atoms. The van der Waals surface area contributed by atoms with Crippen LogP contribution in [0.5, 0.6) is 0 Å². The molecule has 0 radical (unpaired) electrons. The summed E-state index contributed by atoms with van der Waals surface area (Å²) in [5, 5.41) is 18.2. The van der Waals surface area contributed by atoms with Crippen molar-refractivity contribution in [1.29, 1.82) is 0 Å². The summed E-state index contributed by atoms with van der Waals surface area (Å²) >= 11 is 0. The fourth-order valence-corrected chi connectivity index (χ4v) is 8.13. The Morgan fingerprint density at radius 3 is 2.64 bits per heavy atom. The van der Waals surface area contributed by atoms with Gasteiger partial charge in [0.15, 0.2) is 0 Å². The molecule has 2 aliphatic heterocycles. The molecular weight excluding hydrogens is 664 g/mol. The van der Waals surface area contributed by atoms with E-state index in [4.69, 9.17) is 4.74 Å². The number of allylic oxidation sites excluding steroid dienone is 1. The number of cyclic esters (lactones) is 1. The number of carbonyl (C=O) groups excluding carboxylic acids is 4. The van der Waals surface area contributed by atoms with Gasteiger partial charge in [-0.3, -0.25) is 19.1 Å². The van der Waals surface area contributed by atoms with E-state index in [2.05, 4.69) is 36.8 Å². The molecule has 0 spiro atoms. The lowest BCUT2D eigenvalue weighted by atomic mass is 9.85. The third-order valence-corrected chi connectivity index (χ3v) is 11.8. The van der Waals surface area contributed by atoms with Crippen LogP contribution < -0.4 is 15.4 Å². The van der Waals surface area contributed by atoms with Gasteiger partial charge in [-0.1, -0.05) is 64.5 Å². The lowest BCUT2D eigenvalue weighted by Crippen LogP contribution is -2.60. The van der Waals surface area contributed by atoms with E-state index in [-0.39, 0.29) is 31.9 Å². The number of amides is 4. The highest BCUT2D eigenvalue weighted by Gasteiger charge is 2.62. The molecule has 1 aromatic heterocycles. The van der Waals surface area contributed by atoms with E-state index in [1.807, 2.05) is 37.3 Å². The quantitative estimate of drug-likeness (QED) is 0.401. The zero-order valence-corrected chi connectivity index (χ0v) is 29.7. The third-order valence-electron chi connectivity index (χ3n) is 10.00. The molecule has 3 N–H and O–H groups in total. The molecule has 4 aliphatic rings. The second kappa shape index (κ2) is 13.8. The van der Waals surface area contributed by atoms with Crippen molar-refractivity contribution in [3.8, 4) is 11.4 Å². The average Bonchev–Trinajstić information content (AvgIpc) is 3.94. The molecule has 2 saturated carbocycles. The first-order valence-corrected chi connectivity index (χ1v) is 18.9. The Morgan fingerprint density at radius 1 is 1.16 bits per heavy atom. The molecule has 0 unspecified atom stereocenters. The summed E-state index contributed by atoms with van der Waals surface area (Å²) in [5.41, 5.74) is -0.485. The number of aromatic nitrogens is 4. The number of hydrogen-bond donors (Lipinski definition) is 3. The number of alkyl carbamates (subject to hydrolysis) is 1. The van der Waals surface area contributed by atoms with Gasteiger partial charge >= 0.3 is 6.09 Å². The molecule has 2 aromatic rings. The van der Waals surface area contributed by atoms with E-state index in [1.165, 1.54) is 9.70 Å². The van der Waals surface area contributed by atoms with Crippen molar-refractivity contribution in [2.24, 2.45) is 11.3 Å². The van der Waals surface area contributed by atoms with Crippen molar-refractivity contribution in [1.82, 2.24) is 40.5 Å². The van der Waals surface area contributed by atoms with Crippen LogP contribution in [-0.2, 0) is 29.1 Å². The summed E-state index contributed by atoms with van der Waals surface area (Å²) in [4.78, 5) is 57.8. The number of nitrogens with zero attached hydrogens (tertiary/aromatic N) is 5. The number of rotatable bonds is 6. The third kappa shape index (κ3) is 7.54. The van der Waals surface area contributed by atoms with Gasteiger partial charge < -0.3 is 20.3 Å². The molecule has 4 amide bonds. The van der Waals surface area contributed by atoms with Crippen molar-refractivity contribution >= 4 is 39.9 Å². The number of sulfonamides is 1. The van der Waals surface area contributed by atoms with Crippen LogP contribution in [0.15, 0.2) is 30.3 Å². The molecule has 3 fully saturated rings. The minimum absolute atomic E-state index is 0.0191. The van der Waals surface area contributed by atoms with Crippen molar-refractivity contribution in [2.45, 2.75) is 108 Å². The number of ether oxygens (including phenoxy) is 1. The molecule has 16 heteroatoms. The summed E-state index contributed by atoms with van der Waals surface area (Å²) in [5.74, 6) is -1.78. The molecule has 270 valence electrons. The van der Waals surface area contributed by atoms with Crippen molar-refractivity contribution in [3.05, 3.63) is 35.9 Å². The van der Waals surface area contributed by atoms with Crippen LogP contribution in [-0.4, -0.2) is 93.4 Å². The van der Waals surface area contributed by atoms with Gasteiger partial charge in [0.2, 0.25) is 27.7 Å². The fourth-order valence-electron chi connectivity index (χ4n) is 6.77. The Bertz CT molecular complexity index is 1780. The van der Waals surface area contributed by atoms with Gasteiger partial charge in [0.05, 0.1) is 17.9 Å². The SMILES string of the molecule is CC[C@@H]1C[C@]1(NC(=O)[C@@H]1C[C@@H]2CN1C(=O)[C@H](C(C)(C)C)NC(=O)OCCCC/C=C\c1cccc(c1)-c1nnn2n1)C(=O)NS(=O)(=O)C1CC1. The first kappa shape index (κ1) is 35.5. The van der Waals surface area contributed by atoms with Crippen LogP contribution in [0.25, 0.3) is 17.5 Å². The maximum absolute atomic E-state index is 14.4. The highest BCUT2D eigenvalue weighted by molar-refractivity contribution is 7.91. The van der Waals surface area contributed by atoms with E-state index in [0.29, 0.717) is 31.5 Å². The van der Waals surface area contributed by atoms with Crippen molar-refractivity contribution in [3.63, 3.8) is 0 Å². The predicted molar refractivity (Wildman–Crippen MR) is 182 cm³/mol. The molecule has 6 rings (SSSR count). The molecule has 50 heavy (non-hydrogen) atoms. The molecular formula is C34H46N8O7S. The minimum atomic E-state index is -3.85. The van der Waals surface area contributed by atoms with E-state index in [0.717, 1.165) is 24.0 Å². The number of carbonyl (C=O) groups is 4. The first-order chi connectivity index (χ1) is 23.7. The van der Waals surface area contributed by atoms with Crippen LogP contribution in [0.1, 0.15) is 90.7 Å². The largest absolute Gasteiger partial charge is 0.450 e. The van der Waals surface area contributed by atoms with Crippen LogP contribution >= 0.6 is 0 Å². The van der Waals surface area contributed by atoms with Gasteiger partial charge in [-0.25, -0.2) is 13.2 Å². The number of fused-ring (bicyclic) bond motifs is 8. The van der Waals surface area contributed by atoms with Gasteiger partial charge in [0, 0.05) is 18.5 Å². The van der Waals surface area contributed by atoms with Crippen LogP contribution in [0.4, 0.5) is 4.79 Å². The maximum atomic E-state index is 14.4. The monoisotopic (exact) mass is 710 g/mol. The standard InChI is InChI=1S/C34H46N8O7S/c1-5-23-19-34(23,31(45)39-50(47,48)25-14-15-25)36-29(43)26-18-24-20-41(26)30(44)27(33(2,3)4)35-32(46)49-16-9-7-6-8-11-21-12-10-13-22(17-21)28-37-40-42(24)38-28/h8,10-13,17,23-27H,5-7,9,14-16,18-20H2,1-4H3,(H,35,46)(H,36,43)(H,39,45)/b11-8-/t23-,24-,26+,27-,34-/m1/s1. The number of tetrazole rings is 1. The number of benzene rings is 1. The lowest BCUT2D eigenvalue weighted by Gasteiger charge is -2.35. The van der Waals surface area contributed by atoms with Gasteiger partial charge in [-0.15, -0.1) is 10.2 Å². The highest BCUT2D eigenvalue weighted by Crippen LogP contribution is 2.47. The Balaban J connectivity index is 1.32. The molecule has 5 atom stereocenters. The summed E-state index contributed by atoms with van der Waals surface area (Å²) in [6.45, 7) is 7.47. The van der Waals surface area contributed by atoms with E-state index in [9.17, 15) is 27.6 Å². The molecule has 1 aromatic carbocycles. The minimum Gasteiger partial charge on any atom is -0.450 e. The summed E-state index contributed by atoms with van der Waals surface area (Å²) < 4.78 is 33.0. The maximum Gasteiger partial charge on any atom is 0.407 e. The normalized spacial score (nSPS) is 28.2. The van der Waals surface area contributed by atoms with Crippen molar-refractivity contribution < 1.29 is 32.3 Å². The van der Waals surface area contributed by atoms with Gasteiger partial charge in [0.25, 0.3) is 5.91 Å². The zero-order valence-electron chi connectivity index (χ0n) is 28.9. The topological polar surface area (TPSA) is 195 Å². The van der Waals surface area contributed by atoms with Crippen LogP contribution in [0.2, 0.25) is 0 Å².